The Hall–Kier alpha value is -2.89. The largest absolute Gasteiger partial charge is 0.477 e. The fourth-order valence-electron chi connectivity index (χ4n) is 0.819. The van der Waals surface area contributed by atoms with Crippen LogP contribution in [0, 0.1) is 11.3 Å². The molecule has 0 amide bonds. The zero-order valence-electron chi connectivity index (χ0n) is 12.5. The molecule has 9 nitrogen and oxygen atoms in total. The van der Waals surface area contributed by atoms with Crippen LogP contribution >= 0.6 is 0 Å². The highest BCUT2D eigenvalue weighted by atomic mass is 16.6. The number of rotatable bonds is 6. The molecule has 0 bridgehead atoms. The first kappa shape index (κ1) is 21.4. The van der Waals surface area contributed by atoms with Gasteiger partial charge in [-0.2, -0.15) is 5.26 Å². The summed E-state index contributed by atoms with van der Waals surface area (Å²) in [6.07, 6.45) is -0.754. The maximum absolute atomic E-state index is 10.6. The molecular formula is C13H17NO8. The van der Waals surface area contributed by atoms with Gasteiger partial charge in [-0.3, -0.25) is 14.4 Å². The van der Waals surface area contributed by atoms with Crippen LogP contribution in [0.4, 0.5) is 0 Å². The lowest BCUT2D eigenvalue weighted by atomic mass is 10.4. The Kier molecular flexibility index (Phi) is 11.6. The molecule has 9 heteroatoms. The van der Waals surface area contributed by atoms with Crippen LogP contribution in [-0.4, -0.2) is 48.3 Å². The third kappa shape index (κ3) is 15.2. The molecule has 1 N–H and O–H groups in total. The van der Waals surface area contributed by atoms with Gasteiger partial charge < -0.3 is 19.3 Å². The standard InChI is InChI=1S/C9H14O6.C4H3NO2/c1-6(10)13-4-9(15-8(3)12)5-14-7(2)11;1-3(2-5)4(6)7/h9H,4-5H2,1-3H3;1H2,(H,6,7). The summed E-state index contributed by atoms with van der Waals surface area (Å²) in [4.78, 5) is 41.3. The molecule has 0 saturated carbocycles. The number of nitriles is 1. The van der Waals surface area contributed by atoms with Crippen molar-refractivity contribution in [2.24, 2.45) is 0 Å². The first-order chi connectivity index (χ1) is 10.1. The zero-order valence-corrected chi connectivity index (χ0v) is 12.5. The van der Waals surface area contributed by atoms with Gasteiger partial charge in [0, 0.05) is 20.8 Å². The van der Waals surface area contributed by atoms with Gasteiger partial charge in [-0.15, -0.1) is 0 Å². The van der Waals surface area contributed by atoms with Gasteiger partial charge in [0.2, 0.25) is 0 Å². The van der Waals surface area contributed by atoms with E-state index in [2.05, 4.69) is 16.1 Å². The van der Waals surface area contributed by atoms with Crippen LogP contribution in [0.3, 0.4) is 0 Å². The minimum atomic E-state index is -1.26. The molecule has 0 aromatic heterocycles. The number of aliphatic carboxylic acids is 1. The summed E-state index contributed by atoms with van der Waals surface area (Å²) < 4.78 is 14.0. The molecule has 0 aliphatic rings. The first-order valence-corrected chi connectivity index (χ1v) is 5.86. The van der Waals surface area contributed by atoms with E-state index in [4.69, 9.17) is 15.1 Å². The molecule has 0 aliphatic heterocycles. The van der Waals surface area contributed by atoms with Crippen molar-refractivity contribution in [1.29, 1.82) is 5.26 Å². The number of carbonyl (C=O) groups excluding carboxylic acids is 3. The Morgan fingerprint density at radius 3 is 1.64 bits per heavy atom. The highest BCUT2D eigenvalue weighted by molar-refractivity contribution is 5.90. The van der Waals surface area contributed by atoms with E-state index >= 15 is 0 Å². The molecule has 122 valence electrons. The summed E-state index contributed by atoms with van der Waals surface area (Å²) in [5.74, 6) is -2.77. The Bertz CT molecular complexity index is 459. The van der Waals surface area contributed by atoms with E-state index in [1.165, 1.54) is 26.8 Å². The number of carbonyl (C=O) groups is 4. The smallest absolute Gasteiger partial charge is 0.345 e. The van der Waals surface area contributed by atoms with Crippen LogP contribution in [0.2, 0.25) is 0 Å². The number of carboxylic acid groups (broad SMARTS) is 1. The van der Waals surface area contributed by atoms with Gasteiger partial charge in [-0.1, -0.05) is 6.58 Å². The Labute approximate surface area is 127 Å². The quantitative estimate of drug-likeness (QED) is 0.315. The van der Waals surface area contributed by atoms with Crippen LogP contribution < -0.4 is 0 Å². The van der Waals surface area contributed by atoms with Crippen molar-refractivity contribution in [3.8, 4) is 6.07 Å². The van der Waals surface area contributed by atoms with Gasteiger partial charge in [-0.25, -0.2) is 4.79 Å². The molecule has 22 heavy (non-hydrogen) atoms. The van der Waals surface area contributed by atoms with Crippen molar-refractivity contribution in [2.75, 3.05) is 13.2 Å². The second-order valence-corrected chi connectivity index (χ2v) is 3.73. The van der Waals surface area contributed by atoms with Gasteiger partial charge in [0.05, 0.1) is 0 Å². The molecule has 0 rings (SSSR count). The predicted octanol–water partition coefficient (Wildman–Crippen LogP) is 0.195. The summed E-state index contributed by atoms with van der Waals surface area (Å²) in [6.45, 7) is 6.35. The van der Waals surface area contributed by atoms with E-state index in [-0.39, 0.29) is 13.2 Å². The summed E-state index contributed by atoms with van der Waals surface area (Å²) in [6, 6.07) is 1.37. The summed E-state index contributed by atoms with van der Waals surface area (Å²) in [5.41, 5.74) is -0.431. The minimum absolute atomic E-state index is 0.123. The Morgan fingerprint density at radius 2 is 1.45 bits per heavy atom. The maximum atomic E-state index is 10.6. The number of carboxylic acids is 1. The van der Waals surface area contributed by atoms with Gasteiger partial charge >= 0.3 is 23.9 Å². The van der Waals surface area contributed by atoms with Crippen LogP contribution in [0.1, 0.15) is 20.8 Å². The molecule has 0 aliphatic carbocycles. The van der Waals surface area contributed by atoms with Crippen LogP contribution in [0.5, 0.6) is 0 Å². The molecule has 0 aromatic rings. The fourth-order valence-corrected chi connectivity index (χ4v) is 0.819. The molecule has 0 unspecified atom stereocenters. The highest BCUT2D eigenvalue weighted by Crippen LogP contribution is 1.97. The molecule has 0 spiro atoms. The number of hydrogen-bond acceptors (Lipinski definition) is 8. The van der Waals surface area contributed by atoms with Crippen LogP contribution in [0.25, 0.3) is 0 Å². The third-order valence-electron chi connectivity index (χ3n) is 1.67. The fraction of sp³-hybridized carbons (Fsp3) is 0.462. The average molecular weight is 315 g/mol. The van der Waals surface area contributed by atoms with Gasteiger partial charge in [0.1, 0.15) is 24.9 Å². The van der Waals surface area contributed by atoms with Crippen molar-refractivity contribution >= 4 is 23.9 Å². The summed E-state index contributed by atoms with van der Waals surface area (Å²) >= 11 is 0. The van der Waals surface area contributed by atoms with Gasteiger partial charge in [0.15, 0.2) is 6.10 Å². The minimum Gasteiger partial charge on any atom is -0.477 e. The van der Waals surface area contributed by atoms with E-state index in [1.54, 1.807) is 0 Å². The zero-order chi connectivity index (χ0) is 17.7. The summed E-state index contributed by atoms with van der Waals surface area (Å²) in [7, 11) is 0. The van der Waals surface area contributed by atoms with E-state index in [0.29, 0.717) is 0 Å². The van der Waals surface area contributed by atoms with E-state index in [0.717, 1.165) is 0 Å². The lowest BCUT2D eigenvalue weighted by molar-refractivity contribution is -0.163. The van der Waals surface area contributed by atoms with Crippen LogP contribution in [-0.2, 0) is 33.4 Å². The van der Waals surface area contributed by atoms with Crippen molar-refractivity contribution in [3.05, 3.63) is 12.2 Å². The van der Waals surface area contributed by atoms with Crippen molar-refractivity contribution < 1.29 is 38.5 Å². The molecular weight excluding hydrogens is 298 g/mol. The second-order valence-electron chi connectivity index (χ2n) is 3.73. The number of nitrogens with zero attached hydrogens (tertiary/aromatic N) is 1. The average Bonchev–Trinajstić information content (AvgIpc) is 2.40. The SMILES string of the molecule is C=C(C#N)C(=O)O.CC(=O)OCC(COC(C)=O)OC(C)=O. The molecule has 0 heterocycles. The topological polar surface area (TPSA) is 140 Å². The lowest BCUT2D eigenvalue weighted by Gasteiger charge is -2.15. The van der Waals surface area contributed by atoms with E-state index in [9.17, 15) is 19.2 Å². The van der Waals surface area contributed by atoms with Crippen molar-refractivity contribution in [2.45, 2.75) is 26.9 Å². The number of ether oxygens (including phenoxy) is 3. The molecule has 0 saturated heterocycles. The Morgan fingerprint density at radius 1 is 1.05 bits per heavy atom. The van der Waals surface area contributed by atoms with Crippen molar-refractivity contribution in [1.82, 2.24) is 0 Å². The van der Waals surface area contributed by atoms with Crippen molar-refractivity contribution in [3.63, 3.8) is 0 Å². The second kappa shape index (κ2) is 11.9. The molecule has 0 fully saturated rings. The molecule has 0 radical (unpaired) electrons. The number of esters is 3. The first-order valence-electron chi connectivity index (χ1n) is 5.86. The Balaban J connectivity index is 0. The van der Waals surface area contributed by atoms with Gasteiger partial charge in [-0.05, 0) is 0 Å². The lowest BCUT2D eigenvalue weighted by Crippen LogP contribution is -2.29. The summed E-state index contributed by atoms with van der Waals surface area (Å²) in [5, 5.41) is 15.6. The molecule has 0 atom stereocenters. The molecule has 0 aromatic carbocycles. The number of hydrogen-bond donors (Lipinski definition) is 1. The monoisotopic (exact) mass is 315 g/mol. The maximum Gasteiger partial charge on any atom is 0.345 e. The third-order valence-corrected chi connectivity index (χ3v) is 1.67. The van der Waals surface area contributed by atoms with Gasteiger partial charge in [0.25, 0.3) is 0 Å². The van der Waals surface area contributed by atoms with E-state index < -0.39 is 35.6 Å². The predicted molar refractivity (Wildman–Crippen MR) is 71.2 cm³/mol. The van der Waals surface area contributed by atoms with E-state index in [1.807, 2.05) is 0 Å². The normalized spacial score (nSPS) is 8.68. The highest BCUT2D eigenvalue weighted by Gasteiger charge is 2.15. The van der Waals surface area contributed by atoms with Crippen LogP contribution in [0.15, 0.2) is 12.2 Å².